The lowest BCUT2D eigenvalue weighted by atomic mass is 9.75. The Kier molecular flexibility index (Phi) is 6.98. The first-order valence-corrected chi connectivity index (χ1v) is 10.8. The van der Waals surface area contributed by atoms with Gasteiger partial charge in [-0.25, -0.2) is 0 Å². The zero-order chi connectivity index (χ0) is 16.3. The van der Waals surface area contributed by atoms with Crippen molar-refractivity contribution in [3.05, 3.63) is 0 Å². The first kappa shape index (κ1) is 19.7. The molecule has 0 aliphatic heterocycles. The Bertz CT molecular complexity index is 410. The van der Waals surface area contributed by atoms with Crippen molar-refractivity contribution in [3.63, 3.8) is 0 Å². The quantitative estimate of drug-likeness (QED) is 0.301. The number of aliphatic hydroxyl groups is 1. The Labute approximate surface area is 129 Å². The third kappa shape index (κ3) is 4.79. The molecule has 1 aliphatic carbocycles. The van der Waals surface area contributed by atoms with Gasteiger partial charge in [-0.3, -0.25) is 9.13 Å². The van der Waals surface area contributed by atoms with Crippen LogP contribution in [0.2, 0.25) is 0 Å². The van der Waals surface area contributed by atoms with Gasteiger partial charge in [0.25, 0.3) is 5.08 Å². The third-order valence-electron chi connectivity index (χ3n) is 4.27. The largest absolute Gasteiger partial charge is 0.369 e. The zero-order valence-electron chi connectivity index (χ0n) is 11.7. The molecule has 1 saturated carbocycles. The highest BCUT2D eigenvalue weighted by Crippen LogP contribution is 2.70. The highest BCUT2D eigenvalue weighted by molar-refractivity contribution is 7.80. The minimum absolute atomic E-state index is 0.107. The Morgan fingerprint density at radius 2 is 1.48 bits per heavy atom. The molecule has 5 N–H and O–H groups in total. The van der Waals surface area contributed by atoms with Crippen molar-refractivity contribution in [2.45, 2.75) is 50.0 Å². The molecule has 0 radical (unpaired) electrons. The van der Waals surface area contributed by atoms with Crippen LogP contribution in [0.3, 0.4) is 0 Å². The summed E-state index contributed by atoms with van der Waals surface area (Å²) in [6.07, 6.45) is 4.31. The normalized spacial score (nSPS) is 25.0. The Morgan fingerprint density at radius 3 is 1.90 bits per heavy atom. The molecule has 1 rings (SSSR count). The van der Waals surface area contributed by atoms with Crippen LogP contribution < -0.4 is 0 Å². The van der Waals surface area contributed by atoms with E-state index in [2.05, 4.69) is 12.6 Å². The van der Waals surface area contributed by atoms with E-state index in [1.54, 1.807) is 0 Å². The lowest BCUT2D eigenvalue weighted by molar-refractivity contribution is 0.0793. The monoisotopic (exact) mass is 362 g/mol. The number of hydrogen-bond acceptors (Lipinski definition) is 4. The molecule has 1 fully saturated rings. The average Bonchev–Trinajstić information content (AvgIpc) is 2.35. The van der Waals surface area contributed by atoms with Crippen molar-refractivity contribution in [3.8, 4) is 0 Å². The molecule has 0 aromatic heterocycles. The van der Waals surface area contributed by atoms with Crippen LogP contribution in [-0.4, -0.2) is 35.5 Å². The van der Waals surface area contributed by atoms with Gasteiger partial charge in [0.15, 0.2) is 0 Å². The van der Waals surface area contributed by atoms with Gasteiger partial charge in [0.2, 0.25) is 0 Å². The van der Waals surface area contributed by atoms with Gasteiger partial charge in [0, 0.05) is 6.42 Å². The number of rotatable bonds is 7. The molecule has 10 heteroatoms. The summed E-state index contributed by atoms with van der Waals surface area (Å²) in [6.45, 7) is 0. The SMILES string of the molecule is O=P(O)(O)C(O)(CC1CCCCC1CCCS)P(=O)(O)O. The fraction of sp³-hybridized carbons (Fsp3) is 1.00. The van der Waals surface area contributed by atoms with E-state index in [9.17, 15) is 33.8 Å². The molecule has 0 saturated heterocycles. The van der Waals surface area contributed by atoms with Crippen LogP contribution in [0.15, 0.2) is 0 Å². The first-order valence-electron chi connectivity index (χ1n) is 6.97. The van der Waals surface area contributed by atoms with E-state index in [4.69, 9.17) is 0 Å². The first-order chi connectivity index (χ1) is 9.53. The predicted octanol–water partition coefficient (Wildman–Crippen LogP) is 1.89. The minimum Gasteiger partial charge on any atom is -0.368 e. The molecule has 21 heavy (non-hydrogen) atoms. The molecule has 0 amide bonds. The van der Waals surface area contributed by atoms with Gasteiger partial charge >= 0.3 is 15.2 Å². The fourth-order valence-electron chi connectivity index (χ4n) is 3.05. The molecule has 2 atom stereocenters. The van der Waals surface area contributed by atoms with Crippen LogP contribution >= 0.6 is 27.8 Å². The van der Waals surface area contributed by atoms with Gasteiger partial charge in [-0.1, -0.05) is 25.7 Å². The van der Waals surface area contributed by atoms with E-state index in [0.29, 0.717) is 12.2 Å². The maximum Gasteiger partial charge on any atom is 0.369 e. The van der Waals surface area contributed by atoms with E-state index in [-0.39, 0.29) is 11.8 Å². The number of hydrogen-bond donors (Lipinski definition) is 6. The Balaban J connectivity index is 2.96. The van der Waals surface area contributed by atoms with E-state index >= 15 is 0 Å². The van der Waals surface area contributed by atoms with Crippen LogP contribution in [-0.2, 0) is 9.13 Å². The molecule has 126 valence electrons. The van der Waals surface area contributed by atoms with E-state index in [1.807, 2.05) is 0 Å². The van der Waals surface area contributed by atoms with E-state index in [1.165, 1.54) is 0 Å². The second-order valence-corrected chi connectivity index (χ2v) is 10.2. The van der Waals surface area contributed by atoms with Crippen LogP contribution in [0.5, 0.6) is 0 Å². The summed E-state index contributed by atoms with van der Waals surface area (Å²) in [5.74, 6) is 0.490. The van der Waals surface area contributed by atoms with Crippen LogP contribution in [0.4, 0.5) is 0 Å². The van der Waals surface area contributed by atoms with Gasteiger partial charge in [-0.2, -0.15) is 12.6 Å². The maximum absolute atomic E-state index is 11.4. The Hall–Kier alpha value is 0.610. The molecular formula is C11H24O7P2S. The predicted molar refractivity (Wildman–Crippen MR) is 82.2 cm³/mol. The van der Waals surface area contributed by atoms with Crippen molar-refractivity contribution in [2.24, 2.45) is 11.8 Å². The fourth-order valence-corrected chi connectivity index (χ4v) is 5.53. The van der Waals surface area contributed by atoms with Crippen molar-refractivity contribution in [2.75, 3.05) is 5.75 Å². The highest BCUT2D eigenvalue weighted by atomic mass is 32.1. The molecule has 1 aliphatic rings. The molecule has 2 unspecified atom stereocenters. The van der Waals surface area contributed by atoms with Crippen LogP contribution in [0, 0.1) is 11.8 Å². The summed E-state index contributed by atoms with van der Waals surface area (Å²) in [4.78, 5) is 36.9. The summed E-state index contributed by atoms with van der Waals surface area (Å²) >= 11 is 4.13. The summed E-state index contributed by atoms with van der Waals surface area (Å²) in [6, 6.07) is 0. The van der Waals surface area contributed by atoms with Crippen LogP contribution in [0.1, 0.15) is 44.9 Å². The smallest absolute Gasteiger partial charge is 0.368 e. The molecular weight excluding hydrogens is 338 g/mol. The third-order valence-corrected chi connectivity index (χ3v) is 8.38. The lowest BCUT2D eigenvalue weighted by Gasteiger charge is -2.38. The Morgan fingerprint density at radius 1 is 1.00 bits per heavy atom. The van der Waals surface area contributed by atoms with Crippen LogP contribution in [0.25, 0.3) is 0 Å². The van der Waals surface area contributed by atoms with Gasteiger partial charge in [-0.15, -0.1) is 0 Å². The molecule has 0 aromatic rings. The summed E-state index contributed by atoms with van der Waals surface area (Å²) in [5, 5.41) is 6.76. The van der Waals surface area contributed by atoms with E-state index < -0.39 is 26.7 Å². The van der Waals surface area contributed by atoms with Crippen molar-refractivity contribution in [1.82, 2.24) is 0 Å². The van der Waals surface area contributed by atoms with Crippen molar-refractivity contribution < 1.29 is 33.8 Å². The maximum atomic E-state index is 11.4. The number of thiol groups is 1. The zero-order valence-corrected chi connectivity index (χ0v) is 14.4. The van der Waals surface area contributed by atoms with Gasteiger partial charge < -0.3 is 24.7 Å². The minimum atomic E-state index is -5.35. The molecule has 7 nitrogen and oxygen atoms in total. The molecule has 0 aromatic carbocycles. The topological polar surface area (TPSA) is 135 Å². The van der Waals surface area contributed by atoms with Gasteiger partial charge in [0.05, 0.1) is 0 Å². The lowest BCUT2D eigenvalue weighted by Crippen LogP contribution is -2.34. The second-order valence-electron chi connectivity index (χ2n) is 5.74. The van der Waals surface area contributed by atoms with Gasteiger partial charge in [-0.05, 0) is 30.4 Å². The average molecular weight is 362 g/mol. The van der Waals surface area contributed by atoms with E-state index in [0.717, 1.165) is 32.1 Å². The summed E-state index contributed by atoms with van der Waals surface area (Å²) in [7, 11) is -10.7. The molecule has 0 bridgehead atoms. The highest BCUT2D eigenvalue weighted by Gasteiger charge is 2.60. The van der Waals surface area contributed by atoms with Gasteiger partial charge in [0.1, 0.15) is 0 Å². The molecule has 0 heterocycles. The van der Waals surface area contributed by atoms with Crippen molar-refractivity contribution >= 4 is 27.8 Å². The standard InChI is InChI=1S/C11H24O7P2S/c12-11(19(13,14)15,20(16,17)18)8-10-5-2-1-4-9(10)6-3-7-21/h9-10,12,21H,1-8H2,(H2,13,14,15)(H2,16,17,18). The second kappa shape index (κ2) is 7.45. The summed E-state index contributed by atoms with van der Waals surface area (Å²) < 4.78 is 22.9. The van der Waals surface area contributed by atoms with Crippen molar-refractivity contribution in [1.29, 1.82) is 0 Å². The molecule has 0 spiro atoms. The summed E-state index contributed by atoms with van der Waals surface area (Å²) in [5.41, 5.74) is 0.